The zero-order valence-electron chi connectivity index (χ0n) is 46.6. The van der Waals surface area contributed by atoms with Gasteiger partial charge < -0.3 is 16.0 Å². The Kier molecular flexibility index (Phi) is 17.9. The average Bonchev–Trinajstić information content (AvgIpc) is 4.08. The topological polar surface area (TPSA) is 42.3 Å². The van der Waals surface area contributed by atoms with Crippen LogP contribution in [0.1, 0.15) is 177 Å². The van der Waals surface area contributed by atoms with Gasteiger partial charge in [0.15, 0.2) is 0 Å². The third-order valence-electron chi connectivity index (χ3n) is 19.5. The van der Waals surface area contributed by atoms with Gasteiger partial charge in [0.25, 0.3) is 0 Å². The van der Waals surface area contributed by atoms with Crippen molar-refractivity contribution >= 4 is 64.3 Å². The van der Waals surface area contributed by atoms with Gasteiger partial charge in [-0.2, -0.15) is 34.4 Å². The molecule has 69 heavy (non-hydrogen) atoms. The van der Waals surface area contributed by atoms with Gasteiger partial charge in [0.1, 0.15) is 0 Å². The quantitative estimate of drug-likeness (QED) is 0.159. The zero-order valence-corrected chi connectivity index (χ0v) is 51.5. The van der Waals surface area contributed by atoms with E-state index < -0.39 is 0 Å². The Morgan fingerprint density at radius 3 is 0.971 bits per heavy atom. The molecule has 3 fully saturated rings. The smallest absolute Gasteiger partial charge is 0 e. The molecule has 3 nitrogen and oxygen atoms in total. The summed E-state index contributed by atoms with van der Waals surface area (Å²) in [6.07, 6.45) is 0. The van der Waals surface area contributed by atoms with Crippen LogP contribution in [-0.2, 0) is 20.1 Å². The number of hydrogen-bond donors (Lipinski definition) is 0. The number of fused-ring (bicyclic) bond motifs is 3. The van der Waals surface area contributed by atoms with Crippen molar-refractivity contribution in [3.63, 3.8) is 0 Å². The van der Waals surface area contributed by atoms with Crippen molar-refractivity contribution in [3.8, 4) is 0 Å². The minimum Gasteiger partial charge on any atom is -0.653 e. The maximum Gasteiger partial charge on any atom is 0 e. The predicted octanol–water partition coefficient (Wildman–Crippen LogP) is 19.7. The molecule has 3 aromatic heterocycles. The Labute approximate surface area is 446 Å². The van der Waals surface area contributed by atoms with Crippen LogP contribution in [0, 0.1) is 148 Å². The van der Waals surface area contributed by atoms with Crippen LogP contribution < -0.4 is 0 Å². The van der Waals surface area contributed by atoms with Gasteiger partial charge in [-0.15, -0.1) is 69.6 Å². The molecule has 0 saturated carbocycles. The second-order valence-corrected chi connectivity index (χ2v) is 25.9. The second kappa shape index (κ2) is 21.9. The largest absolute Gasteiger partial charge is 0.653 e. The van der Waals surface area contributed by atoms with Crippen molar-refractivity contribution in [1.29, 1.82) is 0 Å². The normalized spacial score (nSPS) is 31.6. The van der Waals surface area contributed by atoms with Crippen molar-refractivity contribution in [2.75, 3.05) is 0 Å². The first-order valence-electron chi connectivity index (χ1n) is 26.1. The Balaban J connectivity index is 0.000000169. The molecule has 6 heterocycles. The molecule has 3 aromatic carbocycles. The van der Waals surface area contributed by atoms with Crippen LogP contribution in [0.15, 0.2) is 6.07 Å². The zero-order chi connectivity index (χ0) is 50.3. The molecule has 1 radical (unpaired) electrons. The second-order valence-electron chi connectivity index (χ2n) is 22.7. The first kappa shape index (κ1) is 56.4. The third-order valence-corrected chi connectivity index (χ3v) is 23.2. The van der Waals surface area contributed by atoms with Crippen molar-refractivity contribution < 1.29 is 20.1 Å². The molecule has 0 spiro atoms. The predicted molar refractivity (Wildman–Crippen MR) is 303 cm³/mol. The summed E-state index contributed by atoms with van der Waals surface area (Å²) in [7, 11) is 0. The third kappa shape index (κ3) is 10.3. The summed E-state index contributed by atoms with van der Waals surface area (Å²) < 4.78 is 4.21. The molecule has 0 aliphatic carbocycles. The molecular weight excluding hydrogens is 1080 g/mol. The number of thiophene rings is 3. The molecule has 6 aromatic rings. The summed E-state index contributed by atoms with van der Waals surface area (Å²) in [4.78, 5) is 4.02. The average molecular weight is 1160 g/mol. The van der Waals surface area contributed by atoms with Crippen LogP contribution in [-0.4, -0.2) is 18.1 Å². The van der Waals surface area contributed by atoms with Gasteiger partial charge in [0.2, 0.25) is 0 Å². The van der Waals surface area contributed by atoms with Crippen molar-refractivity contribution in [1.82, 2.24) is 0 Å². The summed E-state index contributed by atoms with van der Waals surface area (Å²) in [6, 6.07) is 15.8. The van der Waals surface area contributed by atoms with Crippen LogP contribution in [0.5, 0.6) is 0 Å². The Morgan fingerprint density at radius 2 is 0.623 bits per heavy atom. The Hall–Kier alpha value is -1.93. The van der Waals surface area contributed by atoms with Gasteiger partial charge in [-0.05, 0) is 52.4 Å². The molecule has 3 aliphatic heterocycles. The molecule has 0 bridgehead atoms. The Bertz CT molecular complexity index is 2570. The van der Waals surface area contributed by atoms with E-state index in [1.807, 2.05) is 34.0 Å². The van der Waals surface area contributed by atoms with Gasteiger partial charge in [0.05, 0.1) is 0 Å². The molecule has 3 aliphatic rings. The van der Waals surface area contributed by atoms with E-state index in [4.69, 9.17) is 16.0 Å². The van der Waals surface area contributed by atoms with Crippen molar-refractivity contribution in [3.05, 3.63) is 116 Å². The standard InChI is InChI=1S/2C21H29NS.C20H27NS.Ir/c2*1-10-11(2)16(7)21-18(14(10)5)9-19(23-21)20-15(6)12(3)13(4)17(8)22-20;1-10-8-18-17(14(5)11(10)2)9-19(22-18)20-15(6)12(3)13(4)16(7)21-20;/h2*12-13,15,17,20H,1-8H3;8,12-13,15-16,20H,1-7H3;/q3*-2;. The van der Waals surface area contributed by atoms with Gasteiger partial charge >= 0.3 is 0 Å². The molecule has 15 atom stereocenters. The molecule has 0 amide bonds. The van der Waals surface area contributed by atoms with E-state index in [1.54, 1.807) is 0 Å². The summed E-state index contributed by atoms with van der Waals surface area (Å²) >= 11 is 5.75. The molecule has 3 saturated heterocycles. The SMILES string of the molecule is Cc1c(C)c(C)c2sc(C3[N-]C(C)C(C)C(C)C3C)[c-]c2c1C.Cc1c(C)c(C)c2sc(C3[N-]C(C)C(C)C(C)C3C)[c-]c2c1C.Cc1cc2sc(C3[N-]C(C)C(C)C(C)C3C)[c-]c2c(C)c1C.[Ir]. The van der Waals surface area contributed by atoms with Gasteiger partial charge in [0, 0.05) is 20.1 Å². The molecule has 9 rings (SSSR count). The summed E-state index contributed by atoms with van der Waals surface area (Å²) in [5, 5.41) is 19.4. The fourth-order valence-corrected chi connectivity index (χ4v) is 15.8. The number of hydrogen-bond acceptors (Lipinski definition) is 3. The molecule has 7 heteroatoms. The van der Waals surface area contributed by atoms with E-state index in [0.717, 1.165) is 0 Å². The van der Waals surface area contributed by atoms with Crippen LogP contribution in [0.4, 0.5) is 0 Å². The minimum absolute atomic E-state index is 0. The van der Waals surface area contributed by atoms with E-state index >= 15 is 0 Å². The number of benzene rings is 3. The van der Waals surface area contributed by atoms with Gasteiger partial charge in [-0.25, -0.2) is 34.0 Å². The van der Waals surface area contributed by atoms with E-state index in [2.05, 4.69) is 184 Å². The van der Waals surface area contributed by atoms with Crippen molar-refractivity contribution in [2.24, 2.45) is 53.3 Å². The number of nitrogens with zero attached hydrogens (tertiary/aromatic N) is 3. The van der Waals surface area contributed by atoms with Crippen LogP contribution in [0.25, 0.3) is 46.2 Å². The molecule has 15 unspecified atom stereocenters. The van der Waals surface area contributed by atoms with Crippen LogP contribution in [0.3, 0.4) is 0 Å². The maximum absolute atomic E-state index is 5.14. The molecular formula is C62H85IrN3S3-6. The van der Waals surface area contributed by atoms with Gasteiger partial charge in [-0.3, -0.25) is 0 Å². The molecule has 0 N–H and O–H groups in total. The summed E-state index contributed by atoms with van der Waals surface area (Å²) in [5.41, 5.74) is 15.5. The number of rotatable bonds is 3. The van der Waals surface area contributed by atoms with Crippen molar-refractivity contribution in [2.45, 2.75) is 195 Å². The fraction of sp³-hybridized carbons (Fsp3) is 0.613. The first-order valence-corrected chi connectivity index (χ1v) is 28.6. The van der Waals surface area contributed by atoms with Crippen LogP contribution >= 0.6 is 34.0 Å². The van der Waals surface area contributed by atoms with E-state index in [1.165, 1.54) is 106 Å². The summed E-state index contributed by atoms with van der Waals surface area (Å²) in [6.45, 7) is 52.8. The van der Waals surface area contributed by atoms with Crippen LogP contribution in [0.2, 0.25) is 0 Å². The maximum atomic E-state index is 5.14. The minimum atomic E-state index is 0. The fourth-order valence-electron chi connectivity index (χ4n) is 11.7. The monoisotopic (exact) mass is 1160 g/mol. The first-order chi connectivity index (χ1) is 31.8. The summed E-state index contributed by atoms with van der Waals surface area (Å²) in [5.74, 6) is 5.91. The van der Waals surface area contributed by atoms with Gasteiger partial charge in [-0.1, -0.05) is 223 Å². The molecule has 381 valence electrons. The van der Waals surface area contributed by atoms with E-state index in [0.29, 0.717) is 89.5 Å². The number of piperidine rings is 3. The number of aryl methyl sites for hydroxylation is 6. The van der Waals surface area contributed by atoms with E-state index in [9.17, 15) is 0 Å². The van der Waals surface area contributed by atoms with E-state index in [-0.39, 0.29) is 20.1 Å². The Morgan fingerprint density at radius 1 is 0.333 bits per heavy atom.